The van der Waals surface area contributed by atoms with Gasteiger partial charge in [-0.3, -0.25) is 9.36 Å². The second-order valence-electron chi connectivity index (χ2n) is 5.04. The van der Waals surface area contributed by atoms with E-state index in [2.05, 4.69) is 29.2 Å². The molecular weight excluding hydrogens is 292 g/mol. The van der Waals surface area contributed by atoms with Crippen molar-refractivity contribution in [1.29, 1.82) is 0 Å². The van der Waals surface area contributed by atoms with E-state index in [4.69, 9.17) is 0 Å². The number of nitrogens with zero attached hydrogens (tertiary/aromatic N) is 2. The predicted octanol–water partition coefficient (Wildman–Crippen LogP) is 3.75. The Hall–Kier alpha value is -2.07. The normalized spacial score (nSPS) is 11.0. The Morgan fingerprint density at radius 3 is 2.55 bits per heavy atom. The van der Waals surface area contributed by atoms with E-state index < -0.39 is 0 Å². The van der Waals surface area contributed by atoms with E-state index in [1.807, 2.05) is 37.3 Å². The summed E-state index contributed by atoms with van der Waals surface area (Å²) >= 11 is 1.65. The minimum Gasteiger partial charge on any atom is -0.287 e. The fraction of sp³-hybridized carbons (Fsp3) is 0.222. The number of para-hydroxylation sites is 1. The van der Waals surface area contributed by atoms with Gasteiger partial charge in [0.05, 0.1) is 10.9 Å². The Labute approximate surface area is 134 Å². The van der Waals surface area contributed by atoms with Gasteiger partial charge in [-0.1, -0.05) is 54.2 Å². The van der Waals surface area contributed by atoms with Crippen LogP contribution in [0.3, 0.4) is 0 Å². The van der Waals surface area contributed by atoms with Gasteiger partial charge in [0.15, 0.2) is 5.16 Å². The molecule has 0 spiro atoms. The molecule has 0 saturated carbocycles. The van der Waals surface area contributed by atoms with Crippen LogP contribution < -0.4 is 5.56 Å². The van der Waals surface area contributed by atoms with Crippen LogP contribution in [0.1, 0.15) is 12.5 Å². The Balaban J connectivity index is 1.85. The average molecular weight is 310 g/mol. The molecule has 2 aromatic carbocycles. The Morgan fingerprint density at radius 1 is 1.05 bits per heavy atom. The summed E-state index contributed by atoms with van der Waals surface area (Å²) < 4.78 is 1.76. The van der Waals surface area contributed by atoms with Crippen molar-refractivity contribution in [2.75, 3.05) is 5.75 Å². The molecule has 22 heavy (non-hydrogen) atoms. The molecule has 0 amide bonds. The molecule has 0 bridgehead atoms. The zero-order chi connectivity index (χ0) is 15.4. The van der Waals surface area contributed by atoms with E-state index in [0.717, 1.165) is 22.8 Å². The molecule has 0 N–H and O–H groups in total. The Kier molecular flexibility index (Phi) is 4.59. The molecule has 0 atom stereocenters. The number of aromatic nitrogens is 2. The molecule has 3 aromatic rings. The van der Waals surface area contributed by atoms with E-state index >= 15 is 0 Å². The first kappa shape index (κ1) is 14.9. The number of hydrogen-bond acceptors (Lipinski definition) is 3. The number of benzene rings is 2. The first-order chi connectivity index (χ1) is 10.8. The van der Waals surface area contributed by atoms with Gasteiger partial charge in [0.1, 0.15) is 0 Å². The van der Waals surface area contributed by atoms with Gasteiger partial charge < -0.3 is 0 Å². The fourth-order valence-corrected chi connectivity index (χ4v) is 3.49. The number of aryl methyl sites for hydroxylation is 1. The fourth-order valence-electron chi connectivity index (χ4n) is 2.44. The summed E-state index contributed by atoms with van der Waals surface area (Å²) in [5, 5.41) is 1.50. The predicted molar refractivity (Wildman–Crippen MR) is 92.5 cm³/mol. The first-order valence-electron chi connectivity index (χ1n) is 7.46. The maximum atomic E-state index is 12.5. The van der Waals surface area contributed by atoms with Gasteiger partial charge in [-0.15, -0.1) is 0 Å². The summed E-state index contributed by atoms with van der Waals surface area (Å²) in [6.07, 6.45) is 0.970. The van der Waals surface area contributed by atoms with Gasteiger partial charge in [-0.05, 0) is 31.0 Å². The van der Waals surface area contributed by atoms with Crippen LogP contribution in [0.2, 0.25) is 0 Å². The van der Waals surface area contributed by atoms with Crippen LogP contribution in [0.25, 0.3) is 10.9 Å². The molecule has 0 aliphatic rings. The van der Waals surface area contributed by atoms with Gasteiger partial charge in [-0.25, -0.2) is 4.98 Å². The minimum absolute atomic E-state index is 0.0512. The Bertz CT molecular complexity index is 827. The number of fused-ring (bicyclic) bond motifs is 1. The second kappa shape index (κ2) is 6.79. The first-order valence-corrected chi connectivity index (χ1v) is 8.44. The summed E-state index contributed by atoms with van der Waals surface area (Å²) in [4.78, 5) is 17.2. The smallest absolute Gasteiger partial charge is 0.262 e. The largest absolute Gasteiger partial charge is 0.287 e. The van der Waals surface area contributed by atoms with Crippen LogP contribution in [0.15, 0.2) is 64.5 Å². The molecule has 1 aromatic heterocycles. The van der Waals surface area contributed by atoms with E-state index in [1.165, 1.54) is 5.56 Å². The molecule has 0 unspecified atom stereocenters. The van der Waals surface area contributed by atoms with E-state index in [9.17, 15) is 4.79 Å². The SMILES string of the molecule is CCn1c(SCCc2ccccc2)nc2ccccc2c1=O. The van der Waals surface area contributed by atoms with Gasteiger partial charge in [-0.2, -0.15) is 0 Å². The van der Waals surface area contributed by atoms with Crippen LogP contribution in [-0.4, -0.2) is 15.3 Å². The number of thioether (sulfide) groups is 1. The monoisotopic (exact) mass is 310 g/mol. The summed E-state index contributed by atoms with van der Waals surface area (Å²) in [6.45, 7) is 2.63. The van der Waals surface area contributed by atoms with Crippen LogP contribution >= 0.6 is 11.8 Å². The van der Waals surface area contributed by atoms with Gasteiger partial charge in [0.2, 0.25) is 0 Å². The van der Waals surface area contributed by atoms with Crippen molar-refractivity contribution in [1.82, 2.24) is 9.55 Å². The quantitative estimate of drug-likeness (QED) is 0.532. The third kappa shape index (κ3) is 3.07. The molecule has 3 rings (SSSR count). The zero-order valence-electron chi connectivity index (χ0n) is 12.5. The Morgan fingerprint density at radius 2 is 1.77 bits per heavy atom. The van der Waals surface area contributed by atoms with Gasteiger partial charge in [0, 0.05) is 12.3 Å². The summed E-state index contributed by atoms with van der Waals surface area (Å²) in [5.41, 5.74) is 2.14. The lowest BCUT2D eigenvalue weighted by molar-refractivity contribution is 0.634. The van der Waals surface area contributed by atoms with Gasteiger partial charge >= 0.3 is 0 Å². The maximum Gasteiger partial charge on any atom is 0.262 e. The maximum absolute atomic E-state index is 12.5. The number of rotatable bonds is 5. The molecule has 0 saturated heterocycles. The standard InChI is InChI=1S/C18H18N2OS/c1-2-20-17(21)15-10-6-7-11-16(15)19-18(20)22-13-12-14-8-4-3-5-9-14/h3-11H,2,12-13H2,1H3. The molecule has 112 valence electrons. The van der Waals surface area contributed by atoms with Crippen molar-refractivity contribution < 1.29 is 0 Å². The van der Waals surface area contributed by atoms with Crippen molar-refractivity contribution in [3.05, 3.63) is 70.5 Å². The third-order valence-electron chi connectivity index (χ3n) is 3.61. The van der Waals surface area contributed by atoms with Crippen molar-refractivity contribution >= 4 is 22.7 Å². The van der Waals surface area contributed by atoms with Crippen molar-refractivity contribution in [3.63, 3.8) is 0 Å². The van der Waals surface area contributed by atoms with Crippen molar-refractivity contribution in [2.45, 2.75) is 25.0 Å². The van der Waals surface area contributed by atoms with E-state index in [1.54, 1.807) is 16.3 Å². The summed E-state index contributed by atoms with van der Waals surface area (Å²) in [5.74, 6) is 0.912. The molecule has 3 nitrogen and oxygen atoms in total. The highest BCUT2D eigenvalue weighted by molar-refractivity contribution is 7.99. The number of hydrogen-bond donors (Lipinski definition) is 0. The summed E-state index contributed by atoms with van der Waals surface area (Å²) in [6, 6.07) is 17.9. The topological polar surface area (TPSA) is 34.9 Å². The van der Waals surface area contributed by atoms with Crippen molar-refractivity contribution in [2.24, 2.45) is 0 Å². The highest BCUT2D eigenvalue weighted by atomic mass is 32.2. The van der Waals surface area contributed by atoms with E-state index in [-0.39, 0.29) is 5.56 Å². The molecule has 0 aliphatic carbocycles. The highest BCUT2D eigenvalue weighted by Gasteiger charge is 2.09. The van der Waals surface area contributed by atoms with E-state index in [0.29, 0.717) is 11.9 Å². The lowest BCUT2D eigenvalue weighted by Gasteiger charge is -2.11. The lowest BCUT2D eigenvalue weighted by atomic mass is 10.2. The van der Waals surface area contributed by atoms with Crippen LogP contribution in [0, 0.1) is 0 Å². The second-order valence-corrected chi connectivity index (χ2v) is 6.11. The third-order valence-corrected chi connectivity index (χ3v) is 4.59. The zero-order valence-corrected chi connectivity index (χ0v) is 13.3. The average Bonchev–Trinajstić information content (AvgIpc) is 2.56. The molecule has 0 aliphatic heterocycles. The molecule has 0 radical (unpaired) electrons. The van der Waals surface area contributed by atoms with Gasteiger partial charge in [0.25, 0.3) is 5.56 Å². The van der Waals surface area contributed by atoms with Crippen molar-refractivity contribution in [3.8, 4) is 0 Å². The van der Waals surface area contributed by atoms with Crippen LogP contribution in [0.5, 0.6) is 0 Å². The molecule has 0 fully saturated rings. The summed E-state index contributed by atoms with van der Waals surface area (Å²) in [7, 11) is 0. The van der Waals surface area contributed by atoms with Crippen LogP contribution in [-0.2, 0) is 13.0 Å². The minimum atomic E-state index is 0.0512. The lowest BCUT2D eigenvalue weighted by Crippen LogP contribution is -2.22. The molecular formula is C18H18N2OS. The highest BCUT2D eigenvalue weighted by Crippen LogP contribution is 2.19. The van der Waals surface area contributed by atoms with Crippen LogP contribution in [0.4, 0.5) is 0 Å². The molecule has 4 heteroatoms. The molecule has 1 heterocycles.